The molecule has 0 aromatic carbocycles. The van der Waals surface area contributed by atoms with Gasteiger partial charge in [0.2, 0.25) is 5.89 Å². The van der Waals surface area contributed by atoms with Gasteiger partial charge >= 0.3 is 0 Å². The van der Waals surface area contributed by atoms with E-state index >= 15 is 0 Å². The first kappa shape index (κ1) is 12.2. The van der Waals surface area contributed by atoms with Crippen molar-refractivity contribution in [3.05, 3.63) is 11.7 Å². The molecule has 15 heavy (non-hydrogen) atoms. The predicted octanol–water partition coefficient (Wildman–Crippen LogP) is 3.56. The fourth-order valence-corrected chi connectivity index (χ4v) is 1.23. The third-order valence-electron chi connectivity index (χ3n) is 2.97. The smallest absolute Gasteiger partial charge is 0.226 e. The number of hydrogen-bond acceptors (Lipinski definition) is 3. The minimum absolute atomic E-state index is 0.349. The summed E-state index contributed by atoms with van der Waals surface area (Å²) in [5.74, 6) is 1.95. The Hall–Kier alpha value is -0.860. The Kier molecular flexibility index (Phi) is 3.89. The van der Waals surface area contributed by atoms with Crippen LogP contribution >= 0.6 is 0 Å². The molecule has 0 saturated carbocycles. The molecule has 0 amide bonds. The van der Waals surface area contributed by atoms with Crippen LogP contribution in [0.3, 0.4) is 0 Å². The minimum Gasteiger partial charge on any atom is -0.339 e. The van der Waals surface area contributed by atoms with Crippen LogP contribution in [0.1, 0.15) is 65.1 Å². The maximum absolute atomic E-state index is 5.20. The zero-order valence-corrected chi connectivity index (χ0v) is 10.5. The van der Waals surface area contributed by atoms with E-state index in [1.807, 2.05) is 0 Å². The van der Waals surface area contributed by atoms with E-state index in [-0.39, 0.29) is 0 Å². The van der Waals surface area contributed by atoms with Gasteiger partial charge in [0.05, 0.1) is 0 Å². The van der Waals surface area contributed by atoms with Crippen molar-refractivity contribution in [1.29, 1.82) is 0 Å². The van der Waals surface area contributed by atoms with Crippen LogP contribution in [0.2, 0.25) is 0 Å². The van der Waals surface area contributed by atoms with Gasteiger partial charge in [0.25, 0.3) is 0 Å². The van der Waals surface area contributed by atoms with Crippen molar-refractivity contribution in [2.45, 2.75) is 59.8 Å². The zero-order valence-electron chi connectivity index (χ0n) is 10.5. The number of aryl methyl sites for hydroxylation is 1. The molecule has 0 atom stereocenters. The van der Waals surface area contributed by atoms with Crippen LogP contribution in [0.5, 0.6) is 0 Å². The SMILES string of the molecule is CCC(C)(C)CCc1nc(C(C)C)no1. The van der Waals surface area contributed by atoms with Crippen molar-refractivity contribution in [3.8, 4) is 0 Å². The van der Waals surface area contributed by atoms with E-state index in [0.29, 0.717) is 11.3 Å². The Labute approximate surface area is 92.3 Å². The standard InChI is InChI=1S/C12H22N2O/c1-6-12(4,5)8-7-10-13-11(9(2)3)14-15-10/h9H,6-8H2,1-5H3. The van der Waals surface area contributed by atoms with Gasteiger partial charge in [0.15, 0.2) is 5.82 Å². The fraction of sp³-hybridized carbons (Fsp3) is 0.833. The summed E-state index contributed by atoms with van der Waals surface area (Å²) in [6.45, 7) is 10.9. The molecular formula is C12H22N2O. The van der Waals surface area contributed by atoms with Crippen LogP contribution in [0.15, 0.2) is 4.52 Å². The monoisotopic (exact) mass is 210 g/mol. The Balaban J connectivity index is 2.51. The van der Waals surface area contributed by atoms with E-state index in [2.05, 4.69) is 44.8 Å². The fourth-order valence-electron chi connectivity index (χ4n) is 1.23. The van der Waals surface area contributed by atoms with Gasteiger partial charge in [-0.05, 0) is 11.8 Å². The molecule has 0 saturated heterocycles. The van der Waals surface area contributed by atoms with Crippen molar-refractivity contribution in [3.63, 3.8) is 0 Å². The van der Waals surface area contributed by atoms with E-state index in [1.165, 1.54) is 6.42 Å². The average Bonchev–Trinajstić information content (AvgIpc) is 2.63. The molecule has 3 nitrogen and oxygen atoms in total. The van der Waals surface area contributed by atoms with E-state index in [1.54, 1.807) is 0 Å². The molecule has 0 N–H and O–H groups in total. The maximum Gasteiger partial charge on any atom is 0.226 e. The highest BCUT2D eigenvalue weighted by Gasteiger charge is 2.17. The Bertz CT molecular complexity index is 302. The zero-order chi connectivity index (χ0) is 11.5. The molecular weight excluding hydrogens is 188 g/mol. The summed E-state index contributed by atoms with van der Waals surface area (Å²) in [4.78, 5) is 4.37. The highest BCUT2D eigenvalue weighted by Crippen LogP contribution is 2.26. The minimum atomic E-state index is 0.349. The molecule has 3 heteroatoms. The van der Waals surface area contributed by atoms with Gasteiger partial charge in [-0.15, -0.1) is 0 Å². The van der Waals surface area contributed by atoms with Gasteiger partial charge in [-0.3, -0.25) is 0 Å². The molecule has 0 spiro atoms. The van der Waals surface area contributed by atoms with E-state index < -0.39 is 0 Å². The number of aromatic nitrogens is 2. The molecule has 0 aliphatic heterocycles. The summed E-state index contributed by atoms with van der Waals surface area (Å²) in [6, 6.07) is 0. The summed E-state index contributed by atoms with van der Waals surface area (Å²) in [5, 5.41) is 3.96. The summed E-state index contributed by atoms with van der Waals surface area (Å²) >= 11 is 0. The lowest BCUT2D eigenvalue weighted by Gasteiger charge is -2.20. The van der Waals surface area contributed by atoms with Gasteiger partial charge < -0.3 is 4.52 Å². The summed E-state index contributed by atoms with van der Waals surface area (Å²) in [7, 11) is 0. The summed E-state index contributed by atoms with van der Waals surface area (Å²) in [6.07, 6.45) is 3.17. The molecule has 1 rings (SSSR count). The number of rotatable bonds is 5. The Morgan fingerprint density at radius 1 is 1.33 bits per heavy atom. The van der Waals surface area contributed by atoms with Gasteiger partial charge in [0, 0.05) is 12.3 Å². The second-order valence-electron chi connectivity index (χ2n) is 5.22. The predicted molar refractivity (Wildman–Crippen MR) is 60.8 cm³/mol. The first-order chi connectivity index (χ1) is 6.94. The molecule has 1 aromatic rings. The Morgan fingerprint density at radius 3 is 2.47 bits per heavy atom. The molecule has 0 fully saturated rings. The van der Waals surface area contributed by atoms with E-state index in [9.17, 15) is 0 Å². The molecule has 0 bridgehead atoms. The molecule has 1 heterocycles. The number of nitrogens with zero attached hydrogens (tertiary/aromatic N) is 2. The normalized spacial score (nSPS) is 12.4. The lowest BCUT2D eigenvalue weighted by atomic mass is 9.85. The van der Waals surface area contributed by atoms with Crippen molar-refractivity contribution < 1.29 is 4.52 Å². The van der Waals surface area contributed by atoms with Crippen molar-refractivity contribution in [1.82, 2.24) is 10.1 Å². The highest BCUT2D eigenvalue weighted by atomic mass is 16.5. The summed E-state index contributed by atoms with van der Waals surface area (Å²) in [5.41, 5.74) is 0.368. The summed E-state index contributed by atoms with van der Waals surface area (Å²) < 4.78 is 5.20. The van der Waals surface area contributed by atoms with Crippen LogP contribution in [0.25, 0.3) is 0 Å². The lowest BCUT2D eigenvalue weighted by Crippen LogP contribution is -2.10. The van der Waals surface area contributed by atoms with Crippen LogP contribution in [-0.2, 0) is 6.42 Å². The number of hydrogen-bond donors (Lipinski definition) is 0. The van der Waals surface area contributed by atoms with Crippen molar-refractivity contribution >= 4 is 0 Å². The largest absolute Gasteiger partial charge is 0.339 e. The van der Waals surface area contributed by atoms with Gasteiger partial charge in [-0.2, -0.15) is 4.98 Å². The van der Waals surface area contributed by atoms with Crippen LogP contribution in [0.4, 0.5) is 0 Å². The maximum atomic E-state index is 5.20. The van der Waals surface area contributed by atoms with E-state index in [4.69, 9.17) is 4.52 Å². The first-order valence-corrected chi connectivity index (χ1v) is 5.77. The quantitative estimate of drug-likeness (QED) is 0.745. The third-order valence-corrected chi connectivity index (χ3v) is 2.97. The van der Waals surface area contributed by atoms with Crippen molar-refractivity contribution in [2.24, 2.45) is 5.41 Å². The molecule has 0 unspecified atom stereocenters. The highest BCUT2D eigenvalue weighted by molar-refractivity contribution is 4.92. The topological polar surface area (TPSA) is 38.9 Å². The molecule has 0 aliphatic carbocycles. The Morgan fingerprint density at radius 2 is 2.00 bits per heavy atom. The molecule has 86 valence electrons. The second-order valence-corrected chi connectivity index (χ2v) is 5.22. The average molecular weight is 210 g/mol. The van der Waals surface area contributed by atoms with Crippen molar-refractivity contribution in [2.75, 3.05) is 0 Å². The first-order valence-electron chi connectivity index (χ1n) is 5.77. The van der Waals surface area contributed by atoms with E-state index in [0.717, 1.165) is 24.6 Å². The second kappa shape index (κ2) is 4.77. The lowest BCUT2D eigenvalue weighted by molar-refractivity contribution is 0.294. The molecule has 1 aromatic heterocycles. The van der Waals surface area contributed by atoms with Gasteiger partial charge in [-0.25, -0.2) is 0 Å². The molecule has 0 radical (unpaired) electrons. The van der Waals surface area contributed by atoms with Crippen LogP contribution in [0, 0.1) is 5.41 Å². The van der Waals surface area contributed by atoms with Gasteiger partial charge in [0.1, 0.15) is 0 Å². The van der Waals surface area contributed by atoms with Crippen LogP contribution in [-0.4, -0.2) is 10.1 Å². The molecule has 0 aliphatic rings. The third kappa shape index (κ3) is 3.65. The van der Waals surface area contributed by atoms with Gasteiger partial charge in [-0.1, -0.05) is 46.2 Å². The van der Waals surface area contributed by atoms with Crippen LogP contribution < -0.4 is 0 Å².